The van der Waals surface area contributed by atoms with Gasteiger partial charge in [0.15, 0.2) is 4.67 Å². The summed E-state index contributed by atoms with van der Waals surface area (Å²) in [7, 11) is 0. The number of furan rings is 1. The van der Waals surface area contributed by atoms with Gasteiger partial charge in [0.25, 0.3) is 0 Å². The Labute approximate surface area is 123 Å². The Bertz CT molecular complexity index is 406. The van der Waals surface area contributed by atoms with Crippen LogP contribution in [0.25, 0.3) is 0 Å². The zero-order chi connectivity index (χ0) is 13.1. The van der Waals surface area contributed by atoms with Gasteiger partial charge < -0.3 is 14.6 Å². The number of likely N-dealkylation sites (tertiary alicyclic amines) is 1. The number of piperidine rings is 1. The van der Waals surface area contributed by atoms with Crippen LogP contribution in [0.3, 0.4) is 0 Å². The Morgan fingerprint density at radius 1 is 1.50 bits per heavy atom. The van der Waals surface area contributed by atoms with Crippen molar-refractivity contribution in [1.82, 2.24) is 10.2 Å². The first-order chi connectivity index (χ1) is 8.56. The van der Waals surface area contributed by atoms with Crippen molar-refractivity contribution in [1.29, 1.82) is 0 Å². The fourth-order valence-corrected chi connectivity index (χ4v) is 2.78. The molecular formula is C12H16Br2N2O2. The first-order valence-electron chi connectivity index (χ1n) is 5.99. The van der Waals surface area contributed by atoms with Crippen LogP contribution in [0.4, 0.5) is 0 Å². The molecule has 0 unspecified atom stereocenters. The molecule has 18 heavy (non-hydrogen) atoms. The molecule has 0 atom stereocenters. The Hall–Kier alpha value is -0.330. The first kappa shape index (κ1) is 14.1. The Morgan fingerprint density at radius 2 is 2.17 bits per heavy atom. The monoisotopic (exact) mass is 378 g/mol. The minimum Gasteiger partial charge on any atom is -0.452 e. The van der Waals surface area contributed by atoms with Gasteiger partial charge in [-0.1, -0.05) is 0 Å². The third-order valence-electron chi connectivity index (χ3n) is 3.20. The van der Waals surface area contributed by atoms with Gasteiger partial charge in [-0.15, -0.1) is 0 Å². The maximum Gasteiger partial charge on any atom is 0.219 e. The lowest BCUT2D eigenvalue weighted by molar-refractivity contribution is -0.129. The van der Waals surface area contributed by atoms with Gasteiger partial charge in [0, 0.05) is 26.1 Å². The molecule has 1 aliphatic rings. The zero-order valence-electron chi connectivity index (χ0n) is 10.2. The summed E-state index contributed by atoms with van der Waals surface area (Å²) in [5, 5.41) is 3.46. The molecule has 1 aromatic heterocycles. The van der Waals surface area contributed by atoms with E-state index in [4.69, 9.17) is 4.42 Å². The van der Waals surface area contributed by atoms with Crippen LogP contribution in [0.2, 0.25) is 0 Å². The predicted octanol–water partition coefficient (Wildman–Crippen LogP) is 2.91. The van der Waals surface area contributed by atoms with Gasteiger partial charge in [0.05, 0.1) is 11.0 Å². The molecule has 1 amide bonds. The molecule has 1 N–H and O–H groups in total. The molecule has 2 rings (SSSR count). The summed E-state index contributed by atoms with van der Waals surface area (Å²) in [6, 6.07) is 2.42. The molecule has 2 heterocycles. The highest BCUT2D eigenvalue weighted by atomic mass is 79.9. The Balaban J connectivity index is 1.77. The van der Waals surface area contributed by atoms with Crippen LogP contribution in [0.1, 0.15) is 25.5 Å². The number of nitrogens with zero attached hydrogens (tertiary/aromatic N) is 1. The molecule has 1 aromatic rings. The second kappa shape index (κ2) is 6.21. The van der Waals surface area contributed by atoms with Crippen molar-refractivity contribution in [3.8, 4) is 0 Å². The van der Waals surface area contributed by atoms with Gasteiger partial charge in [-0.3, -0.25) is 4.79 Å². The summed E-state index contributed by atoms with van der Waals surface area (Å²) in [6.07, 6.45) is 2.01. The number of rotatable bonds is 3. The highest BCUT2D eigenvalue weighted by Crippen LogP contribution is 2.26. The smallest absolute Gasteiger partial charge is 0.219 e. The van der Waals surface area contributed by atoms with E-state index in [1.54, 1.807) is 6.92 Å². The molecule has 1 fully saturated rings. The molecule has 0 aromatic carbocycles. The van der Waals surface area contributed by atoms with Crippen LogP contribution in [0.5, 0.6) is 0 Å². The summed E-state index contributed by atoms with van der Waals surface area (Å²) in [5.41, 5.74) is 0. The van der Waals surface area contributed by atoms with E-state index < -0.39 is 0 Å². The molecule has 100 valence electrons. The maximum absolute atomic E-state index is 11.2. The van der Waals surface area contributed by atoms with Gasteiger partial charge in [0.1, 0.15) is 5.76 Å². The van der Waals surface area contributed by atoms with Gasteiger partial charge in [0.2, 0.25) is 5.91 Å². The summed E-state index contributed by atoms with van der Waals surface area (Å²) < 4.78 is 7.17. The van der Waals surface area contributed by atoms with Gasteiger partial charge in [-0.25, -0.2) is 0 Å². The van der Waals surface area contributed by atoms with Crippen LogP contribution in [-0.2, 0) is 11.3 Å². The number of halogens is 2. The third kappa shape index (κ3) is 3.59. The van der Waals surface area contributed by atoms with Gasteiger partial charge in [-0.05, 0) is 50.8 Å². The minimum atomic E-state index is 0.173. The van der Waals surface area contributed by atoms with Crippen molar-refractivity contribution in [2.24, 2.45) is 0 Å². The average Bonchev–Trinajstić information content (AvgIpc) is 2.67. The SMILES string of the molecule is CC(=O)N1CCC(NCc2cc(Br)c(Br)o2)CC1. The van der Waals surface area contributed by atoms with E-state index in [2.05, 4.69) is 37.2 Å². The van der Waals surface area contributed by atoms with Crippen molar-refractivity contribution in [3.63, 3.8) is 0 Å². The molecule has 0 radical (unpaired) electrons. The highest BCUT2D eigenvalue weighted by molar-refractivity contribution is 9.13. The average molecular weight is 380 g/mol. The van der Waals surface area contributed by atoms with Crippen LogP contribution in [0.15, 0.2) is 19.6 Å². The predicted molar refractivity (Wildman–Crippen MR) is 76.2 cm³/mol. The number of hydrogen-bond acceptors (Lipinski definition) is 3. The molecule has 4 nitrogen and oxygen atoms in total. The van der Waals surface area contributed by atoms with Crippen LogP contribution in [-0.4, -0.2) is 29.9 Å². The number of nitrogens with one attached hydrogen (secondary N) is 1. The summed E-state index contributed by atoms with van der Waals surface area (Å²) in [5.74, 6) is 1.08. The minimum absolute atomic E-state index is 0.173. The van der Waals surface area contributed by atoms with E-state index in [0.717, 1.165) is 47.4 Å². The van der Waals surface area contributed by atoms with Crippen LogP contribution in [0, 0.1) is 0 Å². The summed E-state index contributed by atoms with van der Waals surface area (Å²) in [6.45, 7) is 4.04. The molecule has 0 aliphatic carbocycles. The largest absolute Gasteiger partial charge is 0.452 e. The highest BCUT2D eigenvalue weighted by Gasteiger charge is 2.20. The number of amides is 1. The zero-order valence-corrected chi connectivity index (χ0v) is 13.4. The quantitative estimate of drug-likeness (QED) is 0.878. The molecule has 1 saturated heterocycles. The Kier molecular flexibility index (Phi) is 4.86. The lowest BCUT2D eigenvalue weighted by Crippen LogP contribution is -2.43. The number of hydrogen-bond donors (Lipinski definition) is 1. The standard InChI is InChI=1S/C12H16Br2N2O2/c1-8(17)16-4-2-9(3-5-16)15-7-10-6-11(13)12(14)18-10/h6,9,15H,2-5,7H2,1H3. The maximum atomic E-state index is 11.2. The van der Waals surface area contributed by atoms with E-state index >= 15 is 0 Å². The van der Waals surface area contributed by atoms with E-state index in [1.807, 2.05) is 11.0 Å². The van der Waals surface area contributed by atoms with Crippen molar-refractivity contribution in [2.45, 2.75) is 32.4 Å². The van der Waals surface area contributed by atoms with E-state index in [-0.39, 0.29) is 5.91 Å². The van der Waals surface area contributed by atoms with Crippen molar-refractivity contribution in [2.75, 3.05) is 13.1 Å². The molecule has 0 spiro atoms. The van der Waals surface area contributed by atoms with E-state index in [0.29, 0.717) is 6.04 Å². The fraction of sp³-hybridized carbons (Fsp3) is 0.583. The fourth-order valence-electron chi connectivity index (χ4n) is 2.12. The lowest BCUT2D eigenvalue weighted by atomic mass is 10.1. The van der Waals surface area contributed by atoms with Crippen molar-refractivity contribution >= 4 is 37.8 Å². The molecule has 6 heteroatoms. The summed E-state index contributed by atoms with van der Waals surface area (Å²) >= 11 is 6.71. The molecule has 0 saturated carbocycles. The van der Waals surface area contributed by atoms with Crippen LogP contribution >= 0.6 is 31.9 Å². The van der Waals surface area contributed by atoms with Crippen molar-refractivity contribution < 1.29 is 9.21 Å². The molecular weight excluding hydrogens is 364 g/mol. The third-order valence-corrected chi connectivity index (χ3v) is 4.91. The normalized spacial score (nSPS) is 17.2. The van der Waals surface area contributed by atoms with Crippen molar-refractivity contribution in [3.05, 3.63) is 21.0 Å². The summed E-state index contributed by atoms with van der Waals surface area (Å²) in [4.78, 5) is 13.1. The second-order valence-corrected chi connectivity index (χ2v) is 6.07. The van der Waals surface area contributed by atoms with Gasteiger partial charge in [-0.2, -0.15) is 0 Å². The van der Waals surface area contributed by atoms with Crippen LogP contribution < -0.4 is 5.32 Å². The second-order valence-electron chi connectivity index (χ2n) is 4.50. The Morgan fingerprint density at radius 3 is 2.67 bits per heavy atom. The van der Waals surface area contributed by atoms with E-state index in [9.17, 15) is 4.79 Å². The molecule has 0 bridgehead atoms. The van der Waals surface area contributed by atoms with Gasteiger partial charge >= 0.3 is 0 Å². The number of carbonyl (C=O) groups excluding carboxylic acids is 1. The first-order valence-corrected chi connectivity index (χ1v) is 7.57. The molecule has 1 aliphatic heterocycles. The topological polar surface area (TPSA) is 45.5 Å². The van der Waals surface area contributed by atoms with E-state index in [1.165, 1.54) is 0 Å². The number of carbonyl (C=O) groups is 1. The lowest BCUT2D eigenvalue weighted by Gasteiger charge is -2.31.